The van der Waals surface area contributed by atoms with Gasteiger partial charge in [0.2, 0.25) is 5.91 Å². The molecule has 3 N–H and O–H groups in total. The number of thiazole rings is 1. The van der Waals surface area contributed by atoms with Crippen LogP contribution in [0.5, 0.6) is 0 Å². The Morgan fingerprint density at radius 1 is 1.30 bits per heavy atom. The highest BCUT2D eigenvalue weighted by Gasteiger charge is 2.23. The van der Waals surface area contributed by atoms with Gasteiger partial charge in [-0.05, 0) is 57.2 Å². The minimum Gasteiger partial charge on any atom is -0.318 e. The molecule has 0 aliphatic heterocycles. The smallest absolute Gasteiger partial charge is 0.245 e. The van der Waals surface area contributed by atoms with E-state index in [1.54, 1.807) is 13.8 Å². The van der Waals surface area contributed by atoms with Gasteiger partial charge in [-0.25, -0.2) is 4.98 Å². The van der Waals surface area contributed by atoms with Crippen LogP contribution >= 0.6 is 23.7 Å². The normalized spacial score (nSPS) is 13.4. The Bertz CT molecular complexity index is 734. The maximum absolute atomic E-state index is 12.0. The Morgan fingerprint density at radius 3 is 2.70 bits per heavy atom. The molecule has 0 unspecified atom stereocenters. The fourth-order valence-corrected chi connectivity index (χ4v) is 3.53. The standard InChI is InChI=1S/C17H21N3OS.ClH/c1-10-14(13-8-7-11-5-4-6-12(11)9-13)19-16(22-10)20-15(21)17(2,3)18;/h7-9H,4-6,18H2,1-3H3,(H,19,20,21);1H. The van der Waals surface area contributed by atoms with Crippen LogP contribution in [0.4, 0.5) is 5.13 Å². The third-order valence-electron chi connectivity index (χ3n) is 3.97. The molecule has 1 heterocycles. The van der Waals surface area contributed by atoms with Crippen LogP contribution in [0, 0.1) is 6.92 Å². The molecule has 1 aliphatic rings. The second-order valence-electron chi connectivity index (χ2n) is 6.44. The first-order chi connectivity index (χ1) is 10.3. The second kappa shape index (κ2) is 6.59. The van der Waals surface area contributed by atoms with Crippen molar-refractivity contribution in [2.24, 2.45) is 5.73 Å². The van der Waals surface area contributed by atoms with E-state index >= 15 is 0 Å². The van der Waals surface area contributed by atoms with E-state index in [2.05, 4.69) is 28.5 Å². The number of aromatic nitrogens is 1. The number of aryl methyl sites for hydroxylation is 3. The highest BCUT2D eigenvalue weighted by Crippen LogP contribution is 2.33. The molecule has 1 aromatic heterocycles. The summed E-state index contributed by atoms with van der Waals surface area (Å²) in [4.78, 5) is 17.7. The van der Waals surface area contributed by atoms with Crippen LogP contribution in [0.1, 0.15) is 36.3 Å². The van der Waals surface area contributed by atoms with Crippen molar-refractivity contribution in [1.29, 1.82) is 0 Å². The molecule has 0 radical (unpaired) electrons. The lowest BCUT2D eigenvalue weighted by Crippen LogP contribution is -2.45. The molecule has 0 saturated heterocycles. The van der Waals surface area contributed by atoms with Gasteiger partial charge in [0.15, 0.2) is 5.13 Å². The lowest BCUT2D eigenvalue weighted by molar-refractivity contribution is -0.120. The summed E-state index contributed by atoms with van der Waals surface area (Å²) in [5, 5.41) is 3.42. The molecule has 0 atom stereocenters. The Morgan fingerprint density at radius 2 is 2.00 bits per heavy atom. The highest BCUT2D eigenvalue weighted by atomic mass is 35.5. The van der Waals surface area contributed by atoms with Gasteiger partial charge in [-0.3, -0.25) is 4.79 Å². The minimum absolute atomic E-state index is 0. The van der Waals surface area contributed by atoms with Crippen LogP contribution in [0.3, 0.4) is 0 Å². The summed E-state index contributed by atoms with van der Waals surface area (Å²) in [7, 11) is 0. The summed E-state index contributed by atoms with van der Waals surface area (Å²) >= 11 is 1.49. The lowest BCUT2D eigenvalue weighted by Gasteiger charge is -2.16. The topological polar surface area (TPSA) is 68.0 Å². The molecule has 0 spiro atoms. The second-order valence-corrected chi connectivity index (χ2v) is 7.64. The van der Waals surface area contributed by atoms with Crippen molar-refractivity contribution in [2.75, 3.05) is 5.32 Å². The first kappa shape index (κ1) is 17.9. The Balaban J connectivity index is 0.00000192. The fourth-order valence-electron chi connectivity index (χ4n) is 2.70. The first-order valence-corrected chi connectivity index (χ1v) is 8.36. The summed E-state index contributed by atoms with van der Waals surface area (Å²) < 4.78 is 0. The molecule has 0 fully saturated rings. The number of fused-ring (bicyclic) bond motifs is 1. The first-order valence-electron chi connectivity index (χ1n) is 7.54. The van der Waals surface area contributed by atoms with Crippen molar-refractivity contribution in [3.05, 3.63) is 34.2 Å². The molecule has 1 aromatic carbocycles. The molecule has 6 heteroatoms. The summed E-state index contributed by atoms with van der Waals surface area (Å²) in [5.41, 5.74) is 9.86. The van der Waals surface area contributed by atoms with Gasteiger partial charge in [-0.15, -0.1) is 23.7 Å². The van der Waals surface area contributed by atoms with Crippen LogP contribution < -0.4 is 11.1 Å². The van der Waals surface area contributed by atoms with Crippen molar-refractivity contribution in [1.82, 2.24) is 4.98 Å². The molecule has 4 nitrogen and oxygen atoms in total. The van der Waals surface area contributed by atoms with Crippen LogP contribution in [0.25, 0.3) is 11.3 Å². The third kappa shape index (κ3) is 3.74. The van der Waals surface area contributed by atoms with Crippen LogP contribution in [-0.2, 0) is 17.6 Å². The van der Waals surface area contributed by atoms with E-state index in [4.69, 9.17) is 5.73 Å². The Kier molecular flexibility index (Phi) is 5.14. The van der Waals surface area contributed by atoms with Crippen LogP contribution in [0.15, 0.2) is 18.2 Å². The minimum atomic E-state index is -0.909. The van der Waals surface area contributed by atoms with Gasteiger partial charge in [0.25, 0.3) is 0 Å². The van der Waals surface area contributed by atoms with Crippen molar-refractivity contribution in [2.45, 2.75) is 45.6 Å². The number of benzene rings is 1. The van der Waals surface area contributed by atoms with E-state index in [1.807, 2.05) is 6.92 Å². The van der Waals surface area contributed by atoms with Crippen molar-refractivity contribution >= 4 is 34.8 Å². The summed E-state index contributed by atoms with van der Waals surface area (Å²) in [6.07, 6.45) is 3.57. The Hall–Kier alpha value is -1.43. The maximum Gasteiger partial charge on any atom is 0.245 e. The zero-order valence-corrected chi connectivity index (χ0v) is 15.2. The molecule has 0 saturated carbocycles. The van der Waals surface area contributed by atoms with E-state index < -0.39 is 5.54 Å². The Labute approximate surface area is 146 Å². The van der Waals surface area contributed by atoms with Crippen LogP contribution in [0.2, 0.25) is 0 Å². The average molecular weight is 352 g/mol. The molecule has 3 rings (SSSR count). The zero-order valence-electron chi connectivity index (χ0n) is 13.6. The predicted octanol–water partition coefficient (Wildman–Crippen LogP) is 3.70. The van der Waals surface area contributed by atoms with Gasteiger partial charge in [0.1, 0.15) is 0 Å². The largest absolute Gasteiger partial charge is 0.318 e. The van der Waals surface area contributed by atoms with E-state index in [9.17, 15) is 4.79 Å². The molecule has 23 heavy (non-hydrogen) atoms. The number of amides is 1. The number of nitrogens with two attached hydrogens (primary N) is 1. The number of hydrogen-bond donors (Lipinski definition) is 2. The van der Waals surface area contributed by atoms with E-state index in [0.717, 1.165) is 22.6 Å². The van der Waals surface area contributed by atoms with Gasteiger partial charge in [0.05, 0.1) is 11.2 Å². The number of carbonyl (C=O) groups is 1. The average Bonchev–Trinajstić information content (AvgIpc) is 3.03. The maximum atomic E-state index is 12.0. The molecule has 124 valence electrons. The van der Waals surface area contributed by atoms with Crippen molar-refractivity contribution in [3.8, 4) is 11.3 Å². The number of anilines is 1. The predicted molar refractivity (Wildman–Crippen MR) is 98.5 cm³/mol. The quantitative estimate of drug-likeness (QED) is 0.885. The van der Waals surface area contributed by atoms with Gasteiger partial charge in [-0.1, -0.05) is 12.1 Å². The van der Waals surface area contributed by atoms with Crippen molar-refractivity contribution < 1.29 is 4.79 Å². The van der Waals surface area contributed by atoms with Crippen LogP contribution in [-0.4, -0.2) is 16.4 Å². The number of nitrogens with one attached hydrogen (secondary N) is 1. The zero-order chi connectivity index (χ0) is 15.9. The van der Waals surface area contributed by atoms with Crippen molar-refractivity contribution in [3.63, 3.8) is 0 Å². The number of halogens is 1. The highest BCUT2D eigenvalue weighted by molar-refractivity contribution is 7.16. The van der Waals surface area contributed by atoms with Gasteiger partial charge in [0, 0.05) is 10.4 Å². The number of hydrogen-bond acceptors (Lipinski definition) is 4. The number of carbonyl (C=O) groups excluding carboxylic acids is 1. The van der Waals surface area contributed by atoms with E-state index in [-0.39, 0.29) is 18.3 Å². The van der Waals surface area contributed by atoms with E-state index in [1.165, 1.54) is 35.3 Å². The summed E-state index contributed by atoms with van der Waals surface area (Å²) in [6.45, 7) is 5.40. The molecule has 2 aromatic rings. The summed E-state index contributed by atoms with van der Waals surface area (Å²) in [5.74, 6) is -0.221. The molecule has 0 bridgehead atoms. The van der Waals surface area contributed by atoms with Gasteiger partial charge >= 0.3 is 0 Å². The molecular formula is C17H22ClN3OS. The molecule has 1 amide bonds. The SMILES string of the molecule is Cc1sc(NC(=O)C(C)(C)N)nc1-c1ccc2c(c1)CCC2.Cl. The molecular weight excluding hydrogens is 330 g/mol. The van der Waals surface area contributed by atoms with Gasteiger partial charge in [-0.2, -0.15) is 0 Å². The lowest BCUT2D eigenvalue weighted by atomic mass is 10.0. The monoisotopic (exact) mass is 351 g/mol. The number of nitrogens with zero attached hydrogens (tertiary/aromatic N) is 1. The van der Waals surface area contributed by atoms with Gasteiger partial charge < -0.3 is 11.1 Å². The summed E-state index contributed by atoms with van der Waals surface area (Å²) in [6, 6.07) is 6.57. The number of rotatable bonds is 3. The third-order valence-corrected chi connectivity index (χ3v) is 4.86. The molecule has 1 aliphatic carbocycles. The fraction of sp³-hybridized carbons (Fsp3) is 0.412. The van der Waals surface area contributed by atoms with E-state index in [0.29, 0.717) is 5.13 Å².